The Bertz CT molecular complexity index is 666. The zero-order chi connectivity index (χ0) is 17.3. The van der Waals surface area contributed by atoms with Crippen molar-refractivity contribution in [2.45, 2.75) is 13.8 Å². The molecular formula is C16H20NO5P. The van der Waals surface area contributed by atoms with Crippen LogP contribution in [-0.2, 0) is 13.6 Å². The maximum absolute atomic E-state index is 12.5. The number of ether oxygens (including phenoxy) is 1. The standard InChI is InChI=1S/C16H20NO5P/c1-4-21-23(19,22-5-2)14(12-17)8-6-7-13-9-10-15(18)16(11-13)20-3/h6-11,18H,4-5H2,1-3H3/b7-6+,14-8+. The Hall–Kier alpha value is -2.06. The molecule has 0 heterocycles. The van der Waals surface area contributed by atoms with Crippen LogP contribution in [0.5, 0.6) is 11.5 Å². The van der Waals surface area contributed by atoms with Crippen molar-refractivity contribution in [2.24, 2.45) is 0 Å². The normalized spacial score (nSPS) is 12.3. The van der Waals surface area contributed by atoms with Crippen molar-refractivity contribution in [2.75, 3.05) is 20.3 Å². The minimum atomic E-state index is -3.59. The molecule has 0 aromatic heterocycles. The maximum atomic E-state index is 12.5. The van der Waals surface area contributed by atoms with E-state index in [0.717, 1.165) is 5.56 Å². The van der Waals surface area contributed by atoms with Crippen LogP contribution in [0.2, 0.25) is 0 Å². The maximum Gasteiger partial charge on any atom is 0.371 e. The van der Waals surface area contributed by atoms with Gasteiger partial charge in [-0.15, -0.1) is 0 Å². The second kappa shape index (κ2) is 9.16. The van der Waals surface area contributed by atoms with Crippen LogP contribution in [0, 0.1) is 11.3 Å². The molecule has 0 amide bonds. The molecule has 0 fully saturated rings. The van der Waals surface area contributed by atoms with Crippen LogP contribution in [0.25, 0.3) is 6.08 Å². The van der Waals surface area contributed by atoms with E-state index >= 15 is 0 Å². The number of phenols is 1. The lowest BCUT2D eigenvalue weighted by Crippen LogP contribution is -1.97. The molecule has 0 radical (unpaired) electrons. The van der Waals surface area contributed by atoms with Crippen LogP contribution in [0.15, 0.2) is 35.7 Å². The van der Waals surface area contributed by atoms with E-state index in [0.29, 0.717) is 5.75 Å². The fourth-order valence-electron chi connectivity index (χ4n) is 1.75. The molecule has 0 saturated heterocycles. The molecule has 0 saturated carbocycles. The molecule has 0 spiro atoms. The predicted octanol–water partition coefficient (Wildman–Crippen LogP) is 4.09. The first-order valence-corrected chi connectivity index (χ1v) is 8.60. The second-order valence-corrected chi connectivity index (χ2v) is 6.28. The van der Waals surface area contributed by atoms with Gasteiger partial charge in [0, 0.05) is 0 Å². The van der Waals surface area contributed by atoms with E-state index in [2.05, 4.69) is 0 Å². The van der Waals surface area contributed by atoms with Crippen molar-refractivity contribution < 1.29 is 23.5 Å². The highest BCUT2D eigenvalue weighted by atomic mass is 31.2. The van der Waals surface area contributed by atoms with Gasteiger partial charge in [-0.2, -0.15) is 5.26 Å². The van der Waals surface area contributed by atoms with Crippen LogP contribution >= 0.6 is 7.60 Å². The molecule has 0 aliphatic carbocycles. The summed E-state index contributed by atoms with van der Waals surface area (Å²) in [5, 5.41) is 18.7. The summed E-state index contributed by atoms with van der Waals surface area (Å²) in [6.07, 6.45) is 4.64. The number of aromatic hydroxyl groups is 1. The fraction of sp³-hybridized carbons (Fsp3) is 0.312. The SMILES string of the molecule is CCOP(=O)(OCC)/C(C#N)=C/C=C/c1ccc(O)c(OC)c1. The first-order chi connectivity index (χ1) is 11.0. The Morgan fingerprint density at radius 3 is 2.52 bits per heavy atom. The molecular weight excluding hydrogens is 317 g/mol. The van der Waals surface area contributed by atoms with Crippen molar-refractivity contribution in [3.63, 3.8) is 0 Å². The van der Waals surface area contributed by atoms with Crippen molar-refractivity contribution in [1.29, 1.82) is 5.26 Å². The van der Waals surface area contributed by atoms with Crippen molar-refractivity contribution in [3.8, 4) is 17.6 Å². The third-order valence-electron chi connectivity index (χ3n) is 2.75. The van der Waals surface area contributed by atoms with Gasteiger partial charge in [0.25, 0.3) is 0 Å². The zero-order valence-electron chi connectivity index (χ0n) is 13.4. The number of nitrogens with zero attached hydrogens (tertiary/aromatic N) is 1. The fourth-order valence-corrected chi connectivity index (χ4v) is 3.18. The summed E-state index contributed by atoms with van der Waals surface area (Å²) < 4.78 is 27.8. The van der Waals surface area contributed by atoms with Gasteiger partial charge in [0.1, 0.15) is 11.4 Å². The number of allylic oxidation sites excluding steroid dienone is 3. The Morgan fingerprint density at radius 1 is 1.35 bits per heavy atom. The second-order valence-electron chi connectivity index (χ2n) is 4.29. The molecule has 124 valence electrons. The van der Waals surface area contributed by atoms with E-state index in [1.165, 1.54) is 19.3 Å². The molecule has 0 atom stereocenters. The van der Waals surface area contributed by atoms with Crippen LogP contribution in [0.3, 0.4) is 0 Å². The number of benzene rings is 1. The zero-order valence-corrected chi connectivity index (χ0v) is 14.2. The van der Waals surface area contributed by atoms with E-state index in [1.807, 2.05) is 6.07 Å². The van der Waals surface area contributed by atoms with E-state index in [-0.39, 0.29) is 24.3 Å². The first-order valence-electron chi connectivity index (χ1n) is 7.05. The van der Waals surface area contributed by atoms with Crippen molar-refractivity contribution >= 4 is 13.7 Å². The minimum Gasteiger partial charge on any atom is -0.504 e. The third kappa shape index (κ3) is 5.26. The predicted molar refractivity (Wildman–Crippen MR) is 88.2 cm³/mol. The van der Waals surface area contributed by atoms with Gasteiger partial charge in [0.05, 0.1) is 20.3 Å². The molecule has 0 bridgehead atoms. The largest absolute Gasteiger partial charge is 0.504 e. The third-order valence-corrected chi connectivity index (χ3v) is 4.79. The molecule has 6 nitrogen and oxygen atoms in total. The Labute approximate surface area is 136 Å². The Balaban J connectivity index is 3.04. The van der Waals surface area contributed by atoms with E-state index in [4.69, 9.17) is 13.8 Å². The summed E-state index contributed by atoms with van der Waals surface area (Å²) in [6.45, 7) is 3.71. The molecule has 1 N–H and O–H groups in total. The Kier molecular flexibility index (Phi) is 7.56. The average molecular weight is 337 g/mol. The van der Waals surface area contributed by atoms with Crippen molar-refractivity contribution in [1.82, 2.24) is 0 Å². The molecule has 1 rings (SSSR count). The lowest BCUT2D eigenvalue weighted by Gasteiger charge is -2.15. The number of rotatable bonds is 8. The van der Waals surface area contributed by atoms with Crippen LogP contribution in [-0.4, -0.2) is 25.4 Å². The number of nitriles is 1. The van der Waals surface area contributed by atoms with Crippen LogP contribution in [0.1, 0.15) is 19.4 Å². The highest BCUT2D eigenvalue weighted by Gasteiger charge is 2.29. The summed E-state index contributed by atoms with van der Waals surface area (Å²) in [6, 6.07) is 6.68. The lowest BCUT2D eigenvalue weighted by molar-refractivity contribution is 0.227. The number of phenolic OH excluding ortho intramolecular Hbond substituents is 1. The minimum absolute atomic E-state index is 0.0371. The highest BCUT2D eigenvalue weighted by Crippen LogP contribution is 2.55. The molecule has 0 unspecified atom stereocenters. The van der Waals surface area contributed by atoms with Crippen LogP contribution < -0.4 is 4.74 Å². The summed E-state index contributed by atoms with van der Waals surface area (Å²) in [4.78, 5) is 0. The number of hydrogen-bond donors (Lipinski definition) is 1. The molecule has 1 aromatic rings. The van der Waals surface area contributed by atoms with Gasteiger partial charge in [0.15, 0.2) is 11.5 Å². The molecule has 1 aromatic carbocycles. The highest BCUT2D eigenvalue weighted by molar-refractivity contribution is 7.58. The van der Waals surface area contributed by atoms with E-state index in [9.17, 15) is 14.9 Å². The van der Waals surface area contributed by atoms with Gasteiger partial charge in [-0.05, 0) is 37.6 Å². The quantitative estimate of drug-likeness (QED) is 0.437. The van der Waals surface area contributed by atoms with Gasteiger partial charge in [-0.25, -0.2) is 0 Å². The van der Waals surface area contributed by atoms with E-state index in [1.54, 1.807) is 38.1 Å². The molecule has 7 heteroatoms. The number of hydrogen-bond acceptors (Lipinski definition) is 6. The Morgan fingerprint density at radius 2 is 2.00 bits per heavy atom. The molecule has 0 aliphatic heterocycles. The summed E-state index contributed by atoms with van der Waals surface area (Å²) >= 11 is 0. The topological polar surface area (TPSA) is 88.8 Å². The van der Waals surface area contributed by atoms with Crippen LogP contribution in [0.4, 0.5) is 0 Å². The summed E-state index contributed by atoms with van der Waals surface area (Å²) in [5.41, 5.74) is 0.746. The van der Waals surface area contributed by atoms with Gasteiger partial charge >= 0.3 is 7.60 Å². The van der Waals surface area contributed by atoms with Gasteiger partial charge in [-0.1, -0.05) is 18.2 Å². The molecule has 0 aliphatic rings. The number of methoxy groups -OCH3 is 1. The smallest absolute Gasteiger partial charge is 0.371 e. The van der Waals surface area contributed by atoms with E-state index < -0.39 is 7.60 Å². The summed E-state index contributed by atoms with van der Waals surface area (Å²) in [5.74, 6) is 0.376. The lowest BCUT2D eigenvalue weighted by atomic mass is 10.2. The monoisotopic (exact) mass is 337 g/mol. The first kappa shape index (κ1) is 19.0. The summed E-state index contributed by atoms with van der Waals surface area (Å²) in [7, 11) is -2.13. The average Bonchev–Trinajstić information content (AvgIpc) is 2.53. The van der Waals surface area contributed by atoms with Crippen molar-refractivity contribution in [3.05, 3.63) is 41.2 Å². The van der Waals surface area contributed by atoms with Gasteiger partial charge in [0.2, 0.25) is 0 Å². The van der Waals surface area contributed by atoms with Gasteiger partial charge in [-0.3, -0.25) is 4.57 Å². The molecule has 23 heavy (non-hydrogen) atoms. The van der Waals surface area contributed by atoms with Gasteiger partial charge < -0.3 is 18.9 Å².